The fourth-order valence-electron chi connectivity index (χ4n) is 4.80. The van der Waals surface area contributed by atoms with Gasteiger partial charge < -0.3 is 14.6 Å². The molecule has 1 aromatic carbocycles. The second kappa shape index (κ2) is 6.17. The predicted molar refractivity (Wildman–Crippen MR) is 99.5 cm³/mol. The molecular weight excluding hydrogens is 312 g/mol. The van der Waals surface area contributed by atoms with Crippen LogP contribution in [0.15, 0.2) is 24.3 Å². The Morgan fingerprint density at radius 2 is 2.12 bits per heavy atom. The first-order valence-electron chi connectivity index (χ1n) is 9.47. The van der Waals surface area contributed by atoms with Gasteiger partial charge >= 0.3 is 0 Å². The Hall–Kier alpha value is -1.81. The SMILES string of the molecule is COCC1(C(=O)N2CCc3c([nH]c4ccccc34)[C@H]2C(C)C)CCC1. The molecule has 2 aliphatic rings. The van der Waals surface area contributed by atoms with Crippen molar-refractivity contribution >= 4 is 16.8 Å². The summed E-state index contributed by atoms with van der Waals surface area (Å²) >= 11 is 0. The Morgan fingerprint density at radius 3 is 2.76 bits per heavy atom. The number of aromatic amines is 1. The van der Waals surface area contributed by atoms with Gasteiger partial charge in [-0.05, 0) is 36.8 Å². The number of aromatic nitrogens is 1. The first-order chi connectivity index (χ1) is 12.1. The second-order valence-corrected chi connectivity index (χ2v) is 8.07. The number of carbonyl (C=O) groups is 1. The Morgan fingerprint density at radius 1 is 1.36 bits per heavy atom. The quantitative estimate of drug-likeness (QED) is 0.912. The summed E-state index contributed by atoms with van der Waals surface area (Å²) in [5.41, 5.74) is 3.53. The van der Waals surface area contributed by atoms with Crippen LogP contribution in [-0.4, -0.2) is 36.1 Å². The van der Waals surface area contributed by atoms with Crippen molar-refractivity contribution in [2.75, 3.05) is 20.3 Å². The van der Waals surface area contributed by atoms with Crippen LogP contribution in [-0.2, 0) is 16.0 Å². The zero-order valence-electron chi connectivity index (χ0n) is 15.5. The number of amides is 1. The Kier molecular flexibility index (Phi) is 4.11. The van der Waals surface area contributed by atoms with E-state index in [4.69, 9.17) is 4.74 Å². The number of carbonyl (C=O) groups excluding carboxylic acids is 1. The first-order valence-corrected chi connectivity index (χ1v) is 9.47. The molecule has 0 spiro atoms. The molecule has 1 fully saturated rings. The van der Waals surface area contributed by atoms with Gasteiger partial charge in [-0.3, -0.25) is 4.79 Å². The first kappa shape index (κ1) is 16.6. The predicted octanol–water partition coefficient (Wildman–Crippen LogP) is 4.07. The number of hydrogen-bond donors (Lipinski definition) is 1. The minimum Gasteiger partial charge on any atom is -0.384 e. The van der Waals surface area contributed by atoms with Crippen LogP contribution >= 0.6 is 0 Å². The third kappa shape index (κ3) is 2.50. The summed E-state index contributed by atoms with van der Waals surface area (Å²) < 4.78 is 5.42. The van der Waals surface area contributed by atoms with Gasteiger partial charge in [0.1, 0.15) is 0 Å². The Balaban J connectivity index is 1.74. The third-order valence-corrected chi connectivity index (χ3v) is 6.16. The Labute approximate surface area is 149 Å². The fraction of sp³-hybridized carbons (Fsp3) is 0.571. The molecule has 1 aliphatic carbocycles. The molecule has 1 N–H and O–H groups in total. The molecule has 4 heteroatoms. The van der Waals surface area contributed by atoms with Gasteiger partial charge in [0.25, 0.3) is 0 Å². The average Bonchev–Trinajstić information content (AvgIpc) is 2.95. The summed E-state index contributed by atoms with van der Waals surface area (Å²) in [5.74, 6) is 0.666. The van der Waals surface area contributed by atoms with Crippen molar-refractivity contribution in [2.24, 2.45) is 11.3 Å². The number of methoxy groups -OCH3 is 1. The van der Waals surface area contributed by atoms with E-state index in [-0.39, 0.29) is 11.5 Å². The van der Waals surface area contributed by atoms with Crippen LogP contribution in [0.3, 0.4) is 0 Å². The van der Waals surface area contributed by atoms with E-state index in [1.54, 1.807) is 7.11 Å². The minimum atomic E-state index is -0.286. The smallest absolute Gasteiger partial charge is 0.231 e. The van der Waals surface area contributed by atoms with Gasteiger partial charge in [0, 0.05) is 30.3 Å². The molecule has 1 aliphatic heterocycles. The molecule has 4 nitrogen and oxygen atoms in total. The highest BCUT2D eigenvalue weighted by molar-refractivity contribution is 5.88. The van der Waals surface area contributed by atoms with E-state index in [0.717, 1.165) is 32.2 Å². The summed E-state index contributed by atoms with van der Waals surface area (Å²) in [4.78, 5) is 19.2. The van der Waals surface area contributed by atoms with Crippen molar-refractivity contribution in [3.63, 3.8) is 0 Å². The molecule has 1 aromatic heterocycles. The molecule has 0 radical (unpaired) electrons. The van der Waals surface area contributed by atoms with Gasteiger partial charge in [0.15, 0.2) is 0 Å². The van der Waals surface area contributed by atoms with Gasteiger partial charge in [-0.2, -0.15) is 0 Å². The third-order valence-electron chi connectivity index (χ3n) is 6.16. The van der Waals surface area contributed by atoms with Crippen LogP contribution in [0.4, 0.5) is 0 Å². The van der Waals surface area contributed by atoms with Crippen LogP contribution in [0, 0.1) is 11.3 Å². The number of fused-ring (bicyclic) bond motifs is 3. The number of para-hydroxylation sites is 1. The lowest BCUT2D eigenvalue weighted by atomic mass is 9.67. The van der Waals surface area contributed by atoms with Gasteiger partial charge in [-0.1, -0.05) is 38.5 Å². The topological polar surface area (TPSA) is 45.3 Å². The summed E-state index contributed by atoms with van der Waals surface area (Å²) in [6.45, 7) is 5.79. The van der Waals surface area contributed by atoms with E-state index >= 15 is 0 Å². The maximum atomic E-state index is 13.5. The van der Waals surface area contributed by atoms with Crippen LogP contribution in [0.5, 0.6) is 0 Å². The molecule has 1 amide bonds. The lowest BCUT2D eigenvalue weighted by Crippen LogP contribution is -2.53. The number of nitrogens with one attached hydrogen (secondary N) is 1. The van der Waals surface area contributed by atoms with Gasteiger partial charge in [-0.15, -0.1) is 0 Å². The number of H-pyrrole nitrogens is 1. The molecule has 1 saturated carbocycles. The van der Waals surface area contributed by atoms with Crippen LogP contribution < -0.4 is 0 Å². The molecule has 4 rings (SSSR count). The van der Waals surface area contributed by atoms with Crippen molar-refractivity contribution < 1.29 is 9.53 Å². The monoisotopic (exact) mass is 340 g/mol. The fourth-order valence-corrected chi connectivity index (χ4v) is 4.80. The largest absolute Gasteiger partial charge is 0.384 e. The number of nitrogens with zero attached hydrogens (tertiary/aromatic N) is 1. The van der Waals surface area contributed by atoms with Crippen molar-refractivity contribution in [2.45, 2.75) is 45.6 Å². The summed E-state index contributed by atoms with van der Waals surface area (Å²) in [6, 6.07) is 8.62. The zero-order valence-corrected chi connectivity index (χ0v) is 15.5. The van der Waals surface area contributed by atoms with Crippen molar-refractivity contribution in [1.82, 2.24) is 9.88 Å². The summed E-state index contributed by atoms with van der Waals surface area (Å²) in [7, 11) is 1.71. The molecule has 1 atom stereocenters. The second-order valence-electron chi connectivity index (χ2n) is 8.07. The van der Waals surface area contributed by atoms with E-state index in [1.807, 2.05) is 0 Å². The van der Waals surface area contributed by atoms with Crippen LogP contribution in [0.1, 0.15) is 50.4 Å². The van der Waals surface area contributed by atoms with Gasteiger partial charge in [0.2, 0.25) is 5.91 Å². The summed E-state index contributed by atoms with van der Waals surface area (Å²) in [5, 5.41) is 1.31. The lowest BCUT2D eigenvalue weighted by Gasteiger charge is -2.47. The van der Waals surface area contributed by atoms with Gasteiger partial charge in [-0.25, -0.2) is 0 Å². The highest BCUT2D eigenvalue weighted by atomic mass is 16.5. The zero-order chi connectivity index (χ0) is 17.6. The normalized spacial score (nSPS) is 22.1. The van der Waals surface area contributed by atoms with E-state index < -0.39 is 0 Å². The van der Waals surface area contributed by atoms with Crippen LogP contribution in [0.2, 0.25) is 0 Å². The van der Waals surface area contributed by atoms with Gasteiger partial charge in [0.05, 0.1) is 18.1 Å². The van der Waals surface area contributed by atoms with E-state index in [1.165, 1.54) is 22.2 Å². The van der Waals surface area contributed by atoms with E-state index in [2.05, 4.69) is 48.0 Å². The van der Waals surface area contributed by atoms with E-state index in [9.17, 15) is 4.79 Å². The van der Waals surface area contributed by atoms with E-state index in [0.29, 0.717) is 18.4 Å². The van der Waals surface area contributed by atoms with Crippen LogP contribution in [0.25, 0.3) is 10.9 Å². The van der Waals surface area contributed by atoms with Crippen molar-refractivity contribution in [3.05, 3.63) is 35.5 Å². The van der Waals surface area contributed by atoms with Crippen molar-refractivity contribution in [3.8, 4) is 0 Å². The molecule has 25 heavy (non-hydrogen) atoms. The lowest BCUT2D eigenvalue weighted by molar-refractivity contribution is -0.156. The Bertz CT molecular complexity index is 788. The number of hydrogen-bond acceptors (Lipinski definition) is 2. The molecule has 2 aromatic rings. The average molecular weight is 340 g/mol. The molecule has 0 saturated heterocycles. The molecule has 134 valence electrons. The maximum absolute atomic E-state index is 13.5. The molecular formula is C21H28N2O2. The molecule has 0 bridgehead atoms. The number of rotatable bonds is 4. The highest BCUT2D eigenvalue weighted by Crippen LogP contribution is 2.46. The molecule has 0 unspecified atom stereocenters. The summed E-state index contributed by atoms with van der Waals surface area (Å²) in [6.07, 6.45) is 3.98. The standard InChI is InChI=1S/C21H28N2O2/c1-14(2)19-18-16(15-7-4-5-8-17(15)22-18)9-12-23(19)20(24)21(13-25-3)10-6-11-21/h4-5,7-8,14,19,22H,6,9-13H2,1-3H3/t19-/m1/s1. The minimum absolute atomic E-state index is 0.123. The van der Waals surface area contributed by atoms with Crippen molar-refractivity contribution in [1.29, 1.82) is 0 Å². The molecule has 2 heterocycles. The maximum Gasteiger partial charge on any atom is 0.231 e. The number of benzene rings is 1. The highest BCUT2D eigenvalue weighted by Gasteiger charge is 2.49. The number of ether oxygens (including phenoxy) is 1.